The van der Waals surface area contributed by atoms with Crippen molar-refractivity contribution in [2.45, 2.75) is 36.6 Å². The summed E-state index contributed by atoms with van der Waals surface area (Å²) in [5.41, 5.74) is 0. The summed E-state index contributed by atoms with van der Waals surface area (Å²) in [6.07, 6.45) is -18.9. The standard InChI is InChI=1S/C6H18O24P6.Ca.Mg/c7-31(8,9)25-1-2(26-32(10,11)12)4(28-34(16,17)18)6(30-36(22,23)24)5(29-35(19,20)21)3(1)27-33(13,14)15;;/h1-6H,(H2,7,8,9)(H2,10,11,12)(H2,13,14,15)(H2,16,17,18)(H2,19,20,21)(H2,22,23,24);;/q;2*+2. The van der Waals surface area contributed by atoms with Gasteiger partial charge >= 0.3 is 108 Å². The third-order valence-electron chi connectivity index (χ3n) is 3.50. The monoisotopic (exact) mass is 724 g/mol. The van der Waals surface area contributed by atoms with Crippen molar-refractivity contribution < 1.29 is 113 Å². The molecule has 1 fully saturated rings. The minimum atomic E-state index is -6.02. The van der Waals surface area contributed by atoms with Gasteiger partial charge < -0.3 is 58.7 Å². The third kappa shape index (κ3) is 17.1. The van der Waals surface area contributed by atoms with Crippen LogP contribution in [0.3, 0.4) is 0 Å². The minimum Gasteiger partial charge on any atom is -0.303 e. The Balaban J connectivity index is 0. The second-order valence-electron chi connectivity index (χ2n) is 6.36. The van der Waals surface area contributed by atoms with Gasteiger partial charge in [0.25, 0.3) is 0 Å². The molecule has 0 radical (unpaired) electrons. The molecular formula is C6H18CaMgO24P6+4. The molecule has 0 heterocycles. The molecule has 24 nitrogen and oxygen atoms in total. The van der Waals surface area contributed by atoms with Crippen LogP contribution in [0.5, 0.6) is 0 Å². The SMILES string of the molecule is O=P(O)(O)OC1C(OP(=O)(O)O)C(OP(=O)(O)O)C(OP(=O)(O)O)C(OP(=O)(O)O)C1OP(=O)(O)O.[Ca+2].[Mg+2]. The van der Waals surface area contributed by atoms with E-state index < -0.39 is 83.6 Å². The van der Waals surface area contributed by atoms with Crippen molar-refractivity contribution in [3.8, 4) is 0 Å². The van der Waals surface area contributed by atoms with Crippen molar-refractivity contribution in [2.24, 2.45) is 0 Å². The Morgan fingerprint density at radius 1 is 0.316 bits per heavy atom. The zero-order valence-corrected chi connectivity index (χ0v) is 26.8. The van der Waals surface area contributed by atoms with Gasteiger partial charge in [-0.25, -0.2) is 27.4 Å². The summed E-state index contributed by atoms with van der Waals surface area (Å²) in [6.45, 7) is 0. The number of rotatable bonds is 12. The summed E-state index contributed by atoms with van der Waals surface area (Å²) < 4.78 is 93.1. The Hall–Kier alpha value is 2.69. The Morgan fingerprint density at radius 3 is 0.447 bits per heavy atom. The largest absolute Gasteiger partial charge is 2.00 e. The average Bonchev–Trinajstić information content (AvgIpc) is 2.51. The van der Waals surface area contributed by atoms with E-state index in [1.807, 2.05) is 0 Å². The number of hydrogen-bond acceptors (Lipinski definition) is 12. The molecule has 0 unspecified atom stereocenters. The first kappa shape index (κ1) is 42.8. The van der Waals surface area contributed by atoms with Gasteiger partial charge in [-0.05, 0) is 0 Å². The first-order valence-corrected chi connectivity index (χ1v) is 17.2. The van der Waals surface area contributed by atoms with Gasteiger partial charge in [-0.3, -0.25) is 27.1 Å². The fraction of sp³-hybridized carbons (Fsp3) is 1.00. The molecule has 0 atom stereocenters. The van der Waals surface area contributed by atoms with Gasteiger partial charge in [-0.15, -0.1) is 0 Å². The molecule has 1 rings (SSSR count). The third-order valence-corrected chi connectivity index (χ3v) is 6.61. The number of hydrogen-bond donors (Lipinski definition) is 12. The summed E-state index contributed by atoms with van der Waals surface area (Å²) in [4.78, 5) is 110. The van der Waals surface area contributed by atoms with Crippen molar-refractivity contribution in [1.82, 2.24) is 0 Å². The van der Waals surface area contributed by atoms with Crippen LogP contribution in [0, 0.1) is 0 Å². The van der Waals surface area contributed by atoms with E-state index >= 15 is 0 Å². The number of phosphoric acid groups is 6. The van der Waals surface area contributed by atoms with Crippen LogP contribution < -0.4 is 0 Å². The van der Waals surface area contributed by atoms with Gasteiger partial charge in [0, 0.05) is 0 Å². The van der Waals surface area contributed by atoms with E-state index in [4.69, 9.17) is 58.7 Å². The zero-order valence-electron chi connectivity index (χ0n) is 17.8. The molecule has 0 saturated heterocycles. The first-order chi connectivity index (χ1) is 15.6. The van der Waals surface area contributed by atoms with Crippen LogP contribution in [0.2, 0.25) is 0 Å². The molecule has 0 amide bonds. The molecule has 38 heavy (non-hydrogen) atoms. The predicted molar refractivity (Wildman–Crippen MR) is 113 cm³/mol. The van der Waals surface area contributed by atoms with Gasteiger partial charge in [0.2, 0.25) is 0 Å². The second kappa shape index (κ2) is 15.1. The van der Waals surface area contributed by atoms with E-state index in [2.05, 4.69) is 27.1 Å². The van der Waals surface area contributed by atoms with Crippen molar-refractivity contribution in [3.05, 3.63) is 0 Å². The van der Waals surface area contributed by atoms with Crippen LogP contribution in [-0.2, 0) is 54.5 Å². The van der Waals surface area contributed by atoms with Crippen molar-refractivity contribution >= 4 is 108 Å². The summed E-state index contributed by atoms with van der Waals surface area (Å²) in [7, 11) is -36.1. The molecule has 1 aliphatic rings. The zero-order chi connectivity index (χ0) is 28.7. The van der Waals surface area contributed by atoms with Gasteiger partial charge in [-0.2, -0.15) is 0 Å². The quantitative estimate of drug-likeness (QED) is 0.0676. The van der Waals surface area contributed by atoms with E-state index in [-0.39, 0.29) is 60.8 Å². The van der Waals surface area contributed by atoms with E-state index in [9.17, 15) is 27.4 Å². The molecule has 0 aromatic heterocycles. The topological polar surface area (TPSA) is 401 Å². The second-order valence-corrected chi connectivity index (χ2v) is 13.5. The van der Waals surface area contributed by atoms with Crippen LogP contribution in [0.4, 0.5) is 0 Å². The fourth-order valence-corrected chi connectivity index (χ4v) is 6.14. The van der Waals surface area contributed by atoms with Crippen LogP contribution in [-0.4, -0.2) is 156 Å². The molecule has 12 N–H and O–H groups in total. The Morgan fingerprint density at radius 2 is 0.395 bits per heavy atom. The Bertz CT molecular complexity index is 831. The number of phosphoric ester groups is 6. The minimum absolute atomic E-state index is 0. The summed E-state index contributed by atoms with van der Waals surface area (Å²) in [5.74, 6) is 0. The van der Waals surface area contributed by atoms with Crippen molar-refractivity contribution in [1.29, 1.82) is 0 Å². The van der Waals surface area contributed by atoms with Crippen LogP contribution in [0.15, 0.2) is 0 Å². The van der Waals surface area contributed by atoms with Crippen LogP contribution in [0.1, 0.15) is 0 Å². The molecule has 0 spiro atoms. The molecule has 1 saturated carbocycles. The molecular weight excluding hydrogens is 706 g/mol. The van der Waals surface area contributed by atoms with Gasteiger partial charge in [-0.1, -0.05) is 0 Å². The van der Waals surface area contributed by atoms with Gasteiger partial charge in [0.1, 0.15) is 36.6 Å². The normalized spacial score (nSPS) is 27.8. The molecule has 0 bridgehead atoms. The van der Waals surface area contributed by atoms with E-state index in [0.29, 0.717) is 0 Å². The van der Waals surface area contributed by atoms with Crippen molar-refractivity contribution in [3.63, 3.8) is 0 Å². The average molecular weight is 724 g/mol. The van der Waals surface area contributed by atoms with Gasteiger partial charge in [0.15, 0.2) is 0 Å². The molecule has 0 aromatic rings. The first-order valence-electron chi connectivity index (χ1n) is 8.01. The molecule has 0 aromatic carbocycles. The fourth-order valence-electron chi connectivity index (χ4n) is 2.79. The van der Waals surface area contributed by atoms with Gasteiger partial charge in [0.05, 0.1) is 0 Å². The maximum Gasteiger partial charge on any atom is 2.00 e. The molecule has 0 aliphatic heterocycles. The predicted octanol–water partition coefficient (Wildman–Crippen LogP) is -3.89. The summed E-state index contributed by atoms with van der Waals surface area (Å²) in [6, 6.07) is 0. The van der Waals surface area contributed by atoms with E-state index in [1.54, 1.807) is 0 Å². The Kier molecular flexibility index (Phi) is 17.0. The van der Waals surface area contributed by atoms with E-state index in [1.165, 1.54) is 0 Å². The summed E-state index contributed by atoms with van der Waals surface area (Å²) in [5, 5.41) is 0. The Labute approximate surface area is 255 Å². The molecule has 32 heteroatoms. The maximum absolute atomic E-state index is 11.4. The smallest absolute Gasteiger partial charge is 0.303 e. The van der Waals surface area contributed by atoms with Crippen molar-refractivity contribution in [2.75, 3.05) is 0 Å². The maximum atomic E-state index is 11.4. The molecule has 1 aliphatic carbocycles. The van der Waals surface area contributed by atoms with Crippen LogP contribution >= 0.6 is 46.9 Å². The summed E-state index contributed by atoms with van der Waals surface area (Å²) >= 11 is 0. The van der Waals surface area contributed by atoms with Crippen LogP contribution in [0.25, 0.3) is 0 Å². The molecule has 216 valence electrons. The van der Waals surface area contributed by atoms with E-state index in [0.717, 1.165) is 0 Å².